The Hall–Kier alpha value is -3.14. The summed E-state index contributed by atoms with van der Waals surface area (Å²) in [6, 6.07) is 1.33. The van der Waals surface area contributed by atoms with E-state index in [1.54, 1.807) is 6.07 Å². The molecule has 1 amide bonds. The molecule has 1 saturated carbocycles. The van der Waals surface area contributed by atoms with Crippen LogP contribution in [0, 0.1) is 5.82 Å². The maximum Gasteiger partial charge on any atom is 0.260 e. The number of hydrogen-bond acceptors (Lipinski definition) is 8. The smallest absolute Gasteiger partial charge is 0.260 e. The Bertz CT molecular complexity index is 938. The molecule has 3 heterocycles. The second kappa shape index (κ2) is 7.12. The Morgan fingerprint density at radius 1 is 1.29 bits per heavy atom. The van der Waals surface area contributed by atoms with Crippen molar-refractivity contribution in [2.24, 2.45) is 11.5 Å². The number of fused-ring (bicyclic) bond motifs is 1. The molecule has 0 saturated heterocycles. The van der Waals surface area contributed by atoms with E-state index in [9.17, 15) is 9.18 Å². The fourth-order valence-electron chi connectivity index (χ4n) is 3.57. The Balaban J connectivity index is 1.80. The summed E-state index contributed by atoms with van der Waals surface area (Å²) in [6.45, 7) is 0.0415. The highest BCUT2D eigenvalue weighted by atomic mass is 19.1. The van der Waals surface area contributed by atoms with Crippen molar-refractivity contribution in [3.63, 3.8) is 0 Å². The van der Waals surface area contributed by atoms with E-state index in [1.165, 1.54) is 6.20 Å². The molecule has 0 bridgehead atoms. The summed E-state index contributed by atoms with van der Waals surface area (Å²) in [5.74, 6) is -1.08. The monoisotopic (exact) mass is 388 g/mol. The van der Waals surface area contributed by atoms with E-state index in [4.69, 9.17) is 26.7 Å². The van der Waals surface area contributed by atoms with Gasteiger partial charge in [-0.15, -0.1) is 0 Å². The summed E-state index contributed by atoms with van der Waals surface area (Å²) in [6.07, 6.45) is 5.09. The maximum absolute atomic E-state index is 14.9. The molecule has 0 spiro atoms. The Morgan fingerprint density at radius 2 is 2.07 bits per heavy atom. The molecule has 10 heteroatoms. The molecule has 1 aliphatic carbocycles. The Kier molecular flexibility index (Phi) is 4.63. The van der Waals surface area contributed by atoms with Crippen LogP contribution >= 0.6 is 0 Å². The number of anilines is 2. The molecule has 7 N–H and O–H groups in total. The average Bonchev–Trinajstić information content (AvgIpc) is 3.14. The normalized spacial score (nSPS) is 20.8. The van der Waals surface area contributed by atoms with E-state index >= 15 is 0 Å². The predicted octanol–water partition coefficient (Wildman–Crippen LogP) is 1.37. The molecule has 0 aromatic carbocycles. The number of carbonyl (C=O) groups excluding carboxylic acids is 1. The minimum atomic E-state index is -0.891. The van der Waals surface area contributed by atoms with Gasteiger partial charge in [-0.05, 0) is 18.9 Å². The zero-order valence-electron chi connectivity index (χ0n) is 15.1. The van der Waals surface area contributed by atoms with E-state index in [-0.39, 0.29) is 41.6 Å². The van der Waals surface area contributed by atoms with Crippen LogP contribution in [0.15, 0.2) is 12.3 Å². The molecule has 2 aromatic heterocycles. The van der Waals surface area contributed by atoms with Crippen LogP contribution in [0.2, 0.25) is 0 Å². The molecule has 28 heavy (non-hydrogen) atoms. The molecule has 1 fully saturated rings. The van der Waals surface area contributed by atoms with E-state index < -0.39 is 11.7 Å². The van der Waals surface area contributed by atoms with Crippen LogP contribution in [0.1, 0.15) is 36.0 Å². The quantitative estimate of drug-likeness (QED) is 0.613. The predicted molar refractivity (Wildman–Crippen MR) is 100 cm³/mol. The summed E-state index contributed by atoms with van der Waals surface area (Å²) in [4.78, 5) is 20.4. The van der Waals surface area contributed by atoms with Crippen LogP contribution in [0.4, 0.5) is 15.9 Å². The lowest BCUT2D eigenvalue weighted by Crippen LogP contribution is -2.43. The number of nitrogens with one attached hydrogen (secondary N) is 1. The van der Waals surface area contributed by atoms with Crippen LogP contribution < -0.4 is 32.0 Å². The molecule has 148 valence electrons. The van der Waals surface area contributed by atoms with Crippen molar-refractivity contribution >= 4 is 17.4 Å². The number of rotatable bonds is 4. The van der Waals surface area contributed by atoms with E-state index in [0.717, 1.165) is 25.7 Å². The molecule has 9 nitrogen and oxygen atoms in total. The second-order valence-corrected chi connectivity index (χ2v) is 6.91. The van der Waals surface area contributed by atoms with Gasteiger partial charge in [0.2, 0.25) is 6.79 Å². The van der Waals surface area contributed by atoms with Crippen molar-refractivity contribution in [1.82, 2.24) is 9.97 Å². The number of nitrogens with zero attached hydrogens (tertiary/aromatic N) is 2. The number of halogens is 1. The molecule has 2 atom stereocenters. The van der Waals surface area contributed by atoms with E-state index in [0.29, 0.717) is 17.2 Å². The lowest BCUT2D eigenvalue weighted by molar-refractivity contribution is 0.100. The lowest BCUT2D eigenvalue weighted by atomic mass is 9.91. The van der Waals surface area contributed by atoms with Gasteiger partial charge in [-0.3, -0.25) is 4.79 Å². The maximum atomic E-state index is 14.9. The van der Waals surface area contributed by atoms with Crippen LogP contribution in [-0.4, -0.2) is 34.8 Å². The number of primary amides is 1. The van der Waals surface area contributed by atoms with Gasteiger partial charge < -0.3 is 32.0 Å². The first-order valence-corrected chi connectivity index (χ1v) is 9.02. The number of aromatic nitrogens is 2. The van der Waals surface area contributed by atoms with Crippen molar-refractivity contribution in [3.8, 4) is 22.9 Å². The van der Waals surface area contributed by atoms with Crippen LogP contribution in [0.25, 0.3) is 11.3 Å². The second-order valence-electron chi connectivity index (χ2n) is 6.91. The summed E-state index contributed by atoms with van der Waals surface area (Å²) in [5.41, 5.74) is 17.4. The van der Waals surface area contributed by atoms with Gasteiger partial charge in [-0.2, -0.15) is 0 Å². The molecular weight excluding hydrogens is 367 g/mol. The largest absolute Gasteiger partial charge is 0.452 e. The fourth-order valence-corrected chi connectivity index (χ4v) is 3.57. The minimum absolute atomic E-state index is 0.0415. The molecule has 0 radical (unpaired) electrons. The zero-order valence-corrected chi connectivity index (χ0v) is 15.1. The SMILES string of the molecule is NC(=O)c1c(-c2cnc3c(c2)OCO3)nc(N[C@@H]2CCCC[C@@H]2N)c(F)c1N. The van der Waals surface area contributed by atoms with Crippen LogP contribution in [-0.2, 0) is 0 Å². The number of carbonyl (C=O) groups is 1. The van der Waals surface area contributed by atoms with Crippen molar-refractivity contribution < 1.29 is 18.7 Å². The standard InChI is InChI=1S/C18H21FN6O3/c19-13-14(21)12(16(22)26)15(8-5-11-18(23-6-8)28-7-27-11)25-17(13)24-10-4-2-1-3-9(10)20/h5-6,9-10H,1-4,7,20H2,(H2,22,26)(H3,21,24,25)/t9-,10+/m0/s1. The highest BCUT2D eigenvalue weighted by Gasteiger charge is 2.28. The Morgan fingerprint density at radius 3 is 2.82 bits per heavy atom. The highest BCUT2D eigenvalue weighted by molar-refractivity contribution is 6.04. The van der Waals surface area contributed by atoms with Gasteiger partial charge >= 0.3 is 0 Å². The fraction of sp³-hybridized carbons (Fsp3) is 0.389. The third kappa shape index (κ3) is 3.15. The number of hydrogen-bond donors (Lipinski definition) is 4. The first-order valence-electron chi connectivity index (χ1n) is 9.02. The third-order valence-corrected chi connectivity index (χ3v) is 5.06. The number of nitrogens with two attached hydrogens (primary N) is 3. The summed E-state index contributed by atoms with van der Waals surface area (Å²) < 4.78 is 25.4. The lowest BCUT2D eigenvalue weighted by Gasteiger charge is -2.30. The average molecular weight is 388 g/mol. The van der Waals surface area contributed by atoms with Crippen molar-refractivity contribution in [2.75, 3.05) is 17.8 Å². The van der Waals surface area contributed by atoms with Gasteiger partial charge in [0.1, 0.15) is 0 Å². The van der Waals surface area contributed by atoms with Gasteiger partial charge in [0.15, 0.2) is 17.4 Å². The Labute approximate surface area is 160 Å². The summed E-state index contributed by atoms with van der Waals surface area (Å²) in [5, 5.41) is 3.05. The molecule has 4 rings (SSSR count). The molecule has 2 aliphatic rings. The number of pyridine rings is 2. The van der Waals surface area contributed by atoms with Crippen molar-refractivity contribution in [3.05, 3.63) is 23.6 Å². The molecule has 1 aliphatic heterocycles. The molecule has 0 unspecified atom stereocenters. The molecule has 2 aromatic rings. The zero-order chi connectivity index (χ0) is 19.8. The van der Waals surface area contributed by atoms with Crippen LogP contribution in [0.5, 0.6) is 11.6 Å². The van der Waals surface area contributed by atoms with Crippen molar-refractivity contribution in [1.29, 1.82) is 0 Å². The van der Waals surface area contributed by atoms with Crippen LogP contribution in [0.3, 0.4) is 0 Å². The summed E-state index contributed by atoms with van der Waals surface area (Å²) >= 11 is 0. The number of amides is 1. The van der Waals surface area contributed by atoms with Gasteiger partial charge in [0.25, 0.3) is 11.8 Å². The van der Waals surface area contributed by atoms with E-state index in [1.807, 2.05) is 0 Å². The first-order chi connectivity index (χ1) is 13.5. The highest BCUT2D eigenvalue weighted by Crippen LogP contribution is 2.37. The van der Waals surface area contributed by atoms with Gasteiger partial charge in [-0.25, -0.2) is 14.4 Å². The third-order valence-electron chi connectivity index (χ3n) is 5.06. The number of ether oxygens (including phenoxy) is 2. The van der Waals surface area contributed by atoms with E-state index in [2.05, 4.69) is 15.3 Å². The summed E-state index contributed by atoms with van der Waals surface area (Å²) in [7, 11) is 0. The number of nitrogen functional groups attached to an aromatic ring is 1. The topological polar surface area (TPSA) is 151 Å². The minimum Gasteiger partial charge on any atom is -0.452 e. The first kappa shape index (κ1) is 18.2. The van der Waals surface area contributed by atoms with Gasteiger partial charge in [0, 0.05) is 23.8 Å². The van der Waals surface area contributed by atoms with Crippen molar-refractivity contribution in [2.45, 2.75) is 37.8 Å². The van der Waals surface area contributed by atoms with Gasteiger partial charge in [0.05, 0.1) is 16.9 Å². The molecular formula is C18H21FN6O3. The van der Waals surface area contributed by atoms with Gasteiger partial charge in [-0.1, -0.05) is 12.8 Å².